The number of benzene rings is 2. The highest BCUT2D eigenvalue weighted by atomic mass is 32.2. The minimum atomic E-state index is -0.300. The Bertz CT molecular complexity index is 1050. The first kappa shape index (κ1) is 22.3. The molecule has 0 atom stereocenters. The molecule has 2 heterocycles. The number of hydrogen-bond acceptors (Lipinski definition) is 6. The highest BCUT2D eigenvalue weighted by Gasteiger charge is 2.19. The van der Waals surface area contributed by atoms with Crippen LogP contribution in [0.5, 0.6) is 5.75 Å². The molecule has 168 valence electrons. The van der Waals surface area contributed by atoms with Gasteiger partial charge in [-0.1, -0.05) is 24.2 Å². The fourth-order valence-electron chi connectivity index (χ4n) is 3.69. The predicted molar refractivity (Wildman–Crippen MR) is 123 cm³/mol. The van der Waals surface area contributed by atoms with Crippen LogP contribution in [-0.2, 0) is 11.3 Å². The quantitative estimate of drug-likeness (QED) is 0.515. The van der Waals surface area contributed by atoms with Gasteiger partial charge in [-0.25, -0.2) is 4.39 Å². The van der Waals surface area contributed by atoms with E-state index in [2.05, 4.69) is 20.4 Å². The van der Waals surface area contributed by atoms with Crippen molar-refractivity contribution in [1.29, 1.82) is 0 Å². The van der Waals surface area contributed by atoms with Crippen LogP contribution in [-0.4, -0.2) is 51.5 Å². The summed E-state index contributed by atoms with van der Waals surface area (Å²) in [5, 5.41) is 12.2. The lowest BCUT2D eigenvalue weighted by molar-refractivity contribution is -0.113. The molecule has 1 fully saturated rings. The number of ether oxygens (including phenoxy) is 1. The van der Waals surface area contributed by atoms with E-state index in [1.165, 1.54) is 43.2 Å². The summed E-state index contributed by atoms with van der Waals surface area (Å²) in [6, 6.07) is 13.5. The molecule has 2 aromatic carbocycles. The summed E-state index contributed by atoms with van der Waals surface area (Å²) in [6.07, 6.45) is 3.61. The van der Waals surface area contributed by atoms with E-state index in [-0.39, 0.29) is 17.5 Å². The molecular weight excluding hydrogens is 429 g/mol. The number of nitrogens with one attached hydrogen (secondary N) is 1. The summed E-state index contributed by atoms with van der Waals surface area (Å²) in [5.74, 6) is 1.17. The third kappa shape index (κ3) is 5.66. The van der Waals surface area contributed by atoms with Gasteiger partial charge in [-0.15, -0.1) is 10.2 Å². The van der Waals surface area contributed by atoms with Gasteiger partial charge in [0.15, 0.2) is 11.0 Å². The topological polar surface area (TPSA) is 72.3 Å². The first-order valence-corrected chi connectivity index (χ1v) is 11.6. The van der Waals surface area contributed by atoms with Crippen LogP contribution in [0.4, 0.5) is 10.1 Å². The third-order valence-electron chi connectivity index (χ3n) is 5.28. The van der Waals surface area contributed by atoms with Crippen LogP contribution in [0, 0.1) is 5.82 Å². The summed E-state index contributed by atoms with van der Waals surface area (Å²) >= 11 is 1.30. The summed E-state index contributed by atoms with van der Waals surface area (Å²) in [5.41, 5.74) is 1.44. The molecule has 1 aliphatic heterocycles. The number of likely N-dealkylation sites (tertiary alicyclic amines) is 1. The van der Waals surface area contributed by atoms with Crippen molar-refractivity contribution in [3.8, 4) is 11.4 Å². The molecule has 1 aliphatic rings. The number of piperidine rings is 1. The molecule has 1 saturated heterocycles. The molecule has 7 nitrogen and oxygen atoms in total. The Morgan fingerprint density at radius 2 is 1.91 bits per heavy atom. The molecule has 0 spiro atoms. The maximum Gasteiger partial charge on any atom is 0.234 e. The van der Waals surface area contributed by atoms with Crippen molar-refractivity contribution in [3.05, 3.63) is 60.2 Å². The van der Waals surface area contributed by atoms with Gasteiger partial charge in [-0.05, 0) is 62.3 Å². The Kier molecular flexibility index (Phi) is 7.39. The lowest BCUT2D eigenvalue weighted by Gasteiger charge is -2.26. The zero-order valence-corrected chi connectivity index (χ0v) is 18.8. The van der Waals surface area contributed by atoms with E-state index >= 15 is 0 Å². The second-order valence-electron chi connectivity index (χ2n) is 7.62. The Balaban J connectivity index is 1.49. The zero-order valence-electron chi connectivity index (χ0n) is 18.0. The van der Waals surface area contributed by atoms with Crippen molar-refractivity contribution in [2.24, 2.45) is 0 Å². The van der Waals surface area contributed by atoms with Gasteiger partial charge in [0.05, 0.1) is 19.4 Å². The number of nitrogens with zero attached hydrogens (tertiary/aromatic N) is 4. The van der Waals surface area contributed by atoms with Crippen LogP contribution in [0.3, 0.4) is 0 Å². The second kappa shape index (κ2) is 10.6. The SMILES string of the molecule is COc1cccc(NC(=O)CSc2nnc(CN3CCCCC3)n2-c2ccc(F)cc2)c1. The molecule has 1 N–H and O–H groups in total. The first-order chi connectivity index (χ1) is 15.6. The minimum absolute atomic E-state index is 0.158. The number of aromatic nitrogens is 3. The first-order valence-electron chi connectivity index (χ1n) is 10.6. The standard InChI is InChI=1S/C23H26FN5O2S/c1-31-20-7-5-6-18(14-20)25-22(30)16-32-23-27-26-21(15-28-12-3-2-4-13-28)29(23)19-10-8-17(24)9-11-19/h5-11,14H,2-4,12-13,15-16H2,1H3,(H,25,30). The summed E-state index contributed by atoms with van der Waals surface area (Å²) in [7, 11) is 1.58. The monoisotopic (exact) mass is 455 g/mol. The molecule has 1 amide bonds. The number of methoxy groups -OCH3 is 1. The largest absolute Gasteiger partial charge is 0.497 e. The van der Waals surface area contributed by atoms with E-state index in [4.69, 9.17) is 4.74 Å². The van der Waals surface area contributed by atoms with Crippen LogP contribution >= 0.6 is 11.8 Å². The van der Waals surface area contributed by atoms with Gasteiger partial charge in [-0.2, -0.15) is 0 Å². The number of thioether (sulfide) groups is 1. The Morgan fingerprint density at radius 1 is 1.12 bits per heavy atom. The fourth-order valence-corrected chi connectivity index (χ4v) is 4.46. The smallest absolute Gasteiger partial charge is 0.234 e. The van der Waals surface area contributed by atoms with E-state index in [9.17, 15) is 9.18 Å². The molecule has 32 heavy (non-hydrogen) atoms. The van der Waals surface area contributed by atoms with Gasteiger partial charge in [0.2, 0.25) is 5.91 Å². The van der Waals surface area contributed by atoms with Crippen LogP contribution in [0.2, 0.25) is 0 Å². The van der Waals surface area contributed by atoms with E-state index in [1.54, 1.807) is 25.3 Å². The van der Waals surface area contributed by atoms with Crippen LogP contribution in [0.15, 0.2) is 53.7 Å². The molecule has 0 unspecified atom stereocenters. The van der Waals surface area contributed by atoms with E-state index in [0.29, 0.717) is 23.1 Å². The predicted octanol–water partition coefficient (Wildman–Crippen LogP) is 4.13. The number of amides is 1. The number of carbonyl (C=O) groups is 1. The van der Waals surface area contributed by atoms with Gasteiger partial charge in [0.25, 0.3) is 0 Å². The van der Waals surface area contributed by atoms with Crippen molar-refractivity contribution >= 4 is 23.4 Å². The van der Waals surface area contributed by atoms with Crippen molar-refractivity contribution in [3.63, 3.8) is 0 Å². The van der Waals surface area contributed by atoms with Crippen molar-refractivity contribution in [2.45, 2.75) is 31.0 Å². The third-order valence-corrected chi connectivity index (χ3v) is 6.21. The Hall–Kier alpha value is -2.91. The number of hydrogen-bond donors (Lipinski definition) is 1. The molecule has 1 aromatic heterocycles. The van der Waals surface area contributed by atoms with Gasteiger partial charge < -0.3 is 10.1 Å². The van der Waals surface area contributed by atoms with Crippen LogP contribution in [0.25, 0.3) is 5.69 Å². The Morgan fingerprint density at radius 3 is 2.66 bits per heavy atom. The fraction of sp³-hybridized carbons (Fsp3) is 0.348. The molecule has 0 radical (unpaired) electrons. The van der Waals surface area contributed by atoms with Crippen molar-refractivity contribution < 1.29 is 13.9 Å². The normalized spacial score (nSPS) is 14.3. The van der Waals surface area contributed by atoms with E-state index in [1.807, 2.05) is 22.8 Å². The number of rotatable bonds is 8. The second-order valence-corrected chi connectivity index (χ2v) is 8.56. The number of anilines is 1. The highest BCUT2D eigenvalue weighted by molar-refractivity contribution is 7.99. The molecule has 9 heteroatoms. The summed E-state index contributed by atoms with van der Waals surface area (Å²) in [4.78, 5) is 14.9. The Labute approximate surface area is 191 Å². The maximum atomic E-state index is 13.5. The summed E-state index contributed by atoms with van der Waals surface area (Å²) in [6.45, 7) is 2.73. The maximum absolute atomic E-state index is 13.5. The molecule has 0 saturated carbocycles. The van der Waals surface area contributed by atoms with Crippen molar-refractivity contribution in [1.82, 2.24) is 19.7 Å². The van der Waals surface area contributed by atoms with E-state index < -0.39 is 0 Å². The van der Waals surface area contributed by atoms with Crippen molar-refractivity contribution in [2.75, 3.05) is 31.3 Å². The average molecular weight is 456 g/mol. The molecular formula is C23H26FN5O2S. The minimum Gasteiger partial charge on any atom is -0.497 e. The zero-order chi connectivity index (χ0) is 22.3. The van der Waals surface area contributed by atoms with Crippen LogP contribution < -0.4 is 10.1 Å². The summed E-state index contributed by atoms with van der Waals surface area (Å²) < 4.78 is 20.6. The highest BCUT2D eigenvalue weighted by Crippen LogP contribution is 2.24. The average Bonchev–Trinajstić information content (AvgIpc) is 3.21. The van der Waals surface area contributed by atoms with Gasteiger partial charge >= 0.3 is 0 Å². The van der Waals surface area contributed by atoms with Gasteiger partial charge in [0.1, 0.15) is 11.6 Å². The lowest BCUT2D eigenvalue weighted by Crippen LogP contribution is -2.30. The molecule has 4 rings (SSSR count). The van der Waals surface area contributed by atoms with E-state index in [0.717, 1.165) is 24.6 Å². The molecule has 0 aliphatic carbocycles. The lowest BCUT2D eigenvalue weighted by atomic mass is 10.1. The van der Waals surface area contributed by atoms with Crippen LogP contribution in [0.1, 0.15) is 25.1 Å². The van der Waals surface area contributed by atoms with Gasteiger partial charge in [0, 0.05) is 17.4 Å². The van der Waals surface area contributed by atoms with Gasteiger partial charge in [-0.3, -0.25) is 14.3 Å². The number of carbonyl (C=O) groups excluding carboxylic acids is 1. The molecule has 3 aromatic rings. The number of halogens is 1. The molecule has 0 bridgehead atoms.